The van der Waals surface area contributed by atoms with Crippen LogP contribution in [0.15, 0.2) is 45.8 Å². The fourth-order valence-corrected chi connectivity index (χ4v) is 2.15. The normalized spacial score (nSPS) is 13.6. The molecule has 0 saturated carbocycles. The van der Waals surface area contributed by atoms with E-state index in [1.807, 2.05) is 23.6 Å². The lowest BCUT2D eigenvalue weighted by atomic mass is 10.2. The Balaban J connectivity index is 2.44. The third-order valence-corrected chi connectivity index (χ3v) is 2.95. The summed E-state index contributed by atoms with van der Waals surface area (Å²) in [4.78, 5) is 16.4. The molecule has 2 heterocycles. The molecule has 0 amide bonds. The molecule has 1 aliphatic heterocycles. The molecule has 0 fully saturated rings. The topological polar surface area (TPSA) is 46.9 Å². The second-order valence-corrected chi connectivity index (χ2v) is 3.97. The summed E-state index contributed by atoms with van der Waals surface area (Å²) in [5.41, 5.74) is 3.54. The van der Waals surface area contributed by atoms with Crippen LogP contribution in [0.5, 0.6) is 0 Å². The zero-order valence-electron chi connectivity index (χ0n) is 7.68. The van der Waals surface area contributed by atoms with Crippen molar-refractivity contribution in [2.45, 2.75) is 5.16 Å². The van der Waals surface area contributed by atoms with Crippen LogP contribution in [0.4, 0.5) is 0 Å². The zero-order chi connectivity index (χ0) is 10.3. The Morgan fingerprint density at radius 2 is 2.20 bits per heavy atom. The minimum atomic E-state index is -0.0625. The molecule has 1 aromatic heterocycles. The molecule has 0 spiro atoms. The summed E-state index contributed by atoms with van der Waals surface area (Å²) >= 11 is 1.43. The number of benzene rings is 1. The minimum absolute atomic E-state index is 0.0625. The Morgan fingerprint density at radius 1 is 1.33 bits per heavy atom. The molecular weight excluding hydrogens is 210 g/mol. The van der Waals surface area contributed by atoms with Crippen molar-refractivity contribution in [3.63, 3.8) is 0 Å². The Kier molecular flexibility index (Phi) is 1.78. The van der Waals surface area contributed by atoms with Crippen LogP contribution in [-0.2, 0) is 0 Å². The maximum Gasteiger partial charge on any atom is 0.280 e. The van der Waals surface area contributed by atoms with E-state index in [0.717, 1.165) is 5.52 Å². The lowest BCUT2D eigenvalue weighted by molar-refractivity contribution is 0.751. The van der Waals surface area contributed by atoms with Gasteiger partial charge in [0.1, 0.15) is 0 Å². The van der Waals surface area contributed by atoms with Gasteiger partial charge in [-0.15, -0.1) is 0 Å². The van der Waals surface area contributed by atoms with Gasteiger partial charge in [0, 0.05) is 6.20 Å². The fraction of sp³-hybridized carbons (Fsp3) is 0. The van der Waals surface area contributed by atoms with Crippen LogP contribution in [-0.4, -0.2) is 9.66 Å². The van der Waals surface area contributed by atoms with Gasteiger partial charge in [0.25, 0.3) is 5.56 Å². The highest BCUT2D eigenvalue weighted by Gasteiger charge is 2.11. The third kappa shape index (κ3) is 1.24. The number of nitrogens with one attached hydrogen (secondary N) is 1. The van der Waals surface area contributed by atoms with Crippen LogP contribution < -0.4 is 11.0 Å². The highest BCUT2D eigenvalue weighted by atomic mass is 32.2. The van der Waals surface area contributed by atoms with Crippen molar-refractivity contribution >= 4 is 22.7 Å². The van der Waals surface area contributed by atoms with Crippen molar-refractivity contribution in [3.8, 4) is 0 Å². The van der Waals surface area contributed by atoms with Gasteiger partial charge in [-0.1, -0.05) is 23.9 Å². The number of thioether (sulfide) groups is 1. The Bertz CT molecular complexity index is 618. The van der Waals surface area contributed by atoms with Crippen molar-refractivity contribution in [1.82, 2.24) is 9.66 Å². The van der Waals surface area contributed by atoms with E-state index in [4.69, 9.17) is 0 Å². The van der Waals surface area contributed by atoms with Gasteiger partial charge >= 0.3 is 0 Å². The summed E-state index contributed by atoms with van der Waals surface area (Å²) < 4.78 is 1.45. The summed E-state index contributed by atoms with van der Waals surface area (Å²) in [6, 6.07) is 7.34. The number of para-hydroxylation sites is 1. The summed E-state index contributed by atoms with van der Waals surface area (Å²) in [6.07, 6.45) is 1.72. The molecule has 0 unspecified atom stereocenters. The second-order valence-electron chi connectivity index (χ2n) is 3.10. The second kappa shape index (κ2) is 3.13. The van der Waals surface area contributed by atoms with Crippen molar-refractivity contribution in [2.24, 2.45) is 0 Å². The minimum Gasteiger partial charge on any atom is -0.296 e. The van der Waals surface area contributed by atoms with Crippen molar-refractivity contribution < 1.29 is 0 Å². The van der Waals surface area contributed by atoms with E-state index in [1.54, 1.807) is 12.3 Å². The summed E-state index contributed by atoms with van der Waals surface area (Å²) in [7, 11) is 0. The highest BCUT2D eigenvalue weighted by molar-refractivity contribution is 8.02. The van der Waals surface area contributed by atoms with E-state index in [2.05, 4.69) is 10.4 Å². The fourth-order valence-electron chi connectivity index (χ4n) is 1.51. The highest BCUT2D eigenvalue weighted by Crippen LogP contribution is 2.19. The first-order valence-electron chi connectivity index (χ1n) is 4.46. The molecule has 1 N–H and O–H groups in total. The number of aromatic nitrogens is 2. The monoisotopic (exact) mass is 217 g/mol. The number of nitrogens with zero attached hydrogens (tertiary/aromatic N) is 2. The van der Waals surface area contributed by atoms with Gasteiger partial charge in [-0.3, -0.25) is 10.2 Å². The molecule has 2 aromatic rings. The first-order valence-corrected chi connectivity index (χ1v) is 5.34. The smallest absolute Gasteiger partial charge is 0.280 e. The van der Waals surface area contributed by atoms with E-state index < -0.39 is 0 Å². The van der Waals surface area contributed by atoms with Crippen LogP contribution in [0.3, 0.4) is 0 Å². The molecular formula is C10H7N3OS. The van der Waals surface area contributed by atoms with Gasteiger partial charge in [-0.25, -0.2) is 4.98 Å². The summed E-state index contributed by atoms with van der Waals surface area (Å²) in [5, 5.41) is 3.15. The average molecular weight is 217 g/mol. The third-order valence-electron chi connectivity index (χ3n) is 2.19. The average Bonchev–Trinajstić information content (AvgIpc) is 2.30. The van der Waals surface area contributed by atoms with E-state index in [1.165, 1.54) is 16.4 Å². The van der Waals surface area contributed by atoms with E-state index in [-0.39, 0.29) is 5.56 Å². The molecule has 74 valence electrons. The SMILES string of the molecule is O=c1c2ccccc2nc2n1NC=CS2. The zero-order valence-corrected chi connectivity index (χ0v) is 8.49. The number of rotatable bonds is 0. The number of hydrogen-bond acceptors (Lipinski definition) is 4. The first-order chi connectivity index (χ1) is 7.36. The summed E-state index contributed by atoms with van der Waals surface area (Å²) in [5.74, 6) is 0. The molecule has 1 aliphatic rings. The summed E-state index contributed by atoms with van der Waals surface area (Å²) in [6.45, 7) is 0. The molecule has 15 heavy (non-hydrogen) atoms. The molecule has 0 atom stereocenters. The van der Waals surface area contributed by atoms with Gasteiger partial charge in [-0.05, 0) is 17.5 Å². The van der Waals surface area contributed by atoms with Gasteiger partial charge in [0.15, 0.2) is 5.16 Å². The van der Waals surface area contributed by atoms with E-state index in [0.29, 0.717) is 10.5 Å². The maximum absolute atomic E-state index is 12.0. The standard InChI is InChI=1S/C10H7N3OS/c14-9-7-3-1-2-4-8(7)12-10-13(9)11-5-6-15-10/h1-6,11H. The van der Waals surface area contributed by atoms with Crippen LogP contribution in [0.2, 0.25) is 0 Å². The molecule has 0 saturated heterocycles. The van der Waals surface area contributed by atoms with Crippen LogP contribution >= 0.6 is 11.8 Å². The maximum atomic E-state index is 12.0. The molecule has 4 nitrogen and oxygen atoms in total. The van der Waals surface area contributed by atoms with Crippen LogP contribution in [0.1, 0.15) is 0 Å². The number of fused-ring (bicyclic) bond motifs is 2. The number of hydrogen-bond donors (Lipinski definition) is 1. The largest absolute Gasteiger partial charge is 0.296 e. The molecule has 5 heteroatoms. The van der Waals surface area contributed by atoms with Crippen molar-refractivity contribution in [2.75, 3.05) is 5.43 Å². The van der Waals surface area contributed by atoms with Crippen molar-refractivity contribution in [3.05, 3.63) is 46.2 Å². The quantitative estimate of drug-likeness (QED) is 0.680. The van der Waals surface area contributed by atoms with Crippen LogP contribution in [0, 0.1) is 0 Å². The molecule has 0 bridgehead atoms. The Labute approximate surface area is 89.6 Å². The Hall–Kier alpha value is -1.75. The Morgan fingerprint density at radius 3 is 3.13 bits per heavy atom. The van der Waals surface area contributed by atoms with Gasteiger partial charge in [0.05, 0.1) is 10.9 Å². The van der Waals surface area contributed by atoms with Gasteiger partial charge in [0.2, 0.25) is 0 Å². The molecule has 0 aliphatic carbocycles. The predicted molar refractivity (Wildman–Crippen MR) is 60.4 cm³/mol. The first kappa shape index (κ1) is 8.55. The lowest BCUT2D eigenvalue weighted by Gasteiger charge is -2.13. The predicted octanol–water partition coefficient (Wildman–Crippen LogP) is 1.52. The molecule has 0 radical (unpaired) electrons. The molecule has 1 aromatic carbocycles. The molecule has 3 rings (SSSR count). The van der Waals surface area contributed by atoms with Crippen molar-refractivity contribution in [1.29, 1.82) is 0 Å². The van der Waals surface area contributed by atoms with E-state index in [9.17, 15) is 4.79 Å². The lowest BCUT2D eigenvalue weighted by Crippen LogP contribution is -2.29. The van der Waals surface area contributed by atoms with Gasteiger partial charge in [-0.2, -0.15) is 4.68 Å². The van der Waals surface area contributed by atoms with Gasteiger partial charge < -0.3 is 0 Å². The van der Waals surface area contributed by atoms with Crippen LogP contribution in [0.25, 0.3) is 10.9 Å². The van der Waals surface area contributed by atoms with E-state index >= 15 is 0 Å².